The number of rotatable bonds is 6. The number of likely N-dealkylation sites (N-methyl/N-ethyl adjacent to an activating group) is 1. The topological polar surface area (TPSA) is 59.1 Å². The van der Waals surface area contributed by atoms with E-state index in [4.69, 9.17) is 9.47 Å². The first-order valence-electron chi connectivity index (χ1n) is 9.11. The van der Waals surface area contributed by atoms with Crippen LogP contribution in [0.1, 0.15) is 12.5 Å². The number of carbonyl (C=O) groups is 2. The van der Waals surface area contributed by atoms with Gasteiger partial charge in [0.15, 0.2) is 6.10 Å². The van der Waals surface area contributed by atoms with E-state index in [2.05, 4.69) is 6.58 Å². The molecule has 1 aliphatic heterocycles. The molecule has 0 fully saturated rings. The van der Waals surface area contributed by atoms with Crippen LogP contribution in [0, 0.1) is 0 Å². The minimum absolute atomic E-state index is 0.119. The van der Waals surface area contributed by atoms with E-state index in [1.165, 1.54) is 6.92 Å². The van der Waals surface area contributed by atoms with Crippen molar-refractivity contribution >= 4 is 17.5 Å². The minimum atomic E-state index is -0.737. The van der Waals surface area contributed by atoms with Gasteiger partial charge in [-0.25, -0.2) is 0 Å². The second-order valence-electron chi connectivity index (χ2n) is 6.64. The van der Waals surface area contributed by atoms with E-state index in [1.807, 2.05) is 42.5 Å². The van der Waals surface area contributed by atoms with Crippen LogP contribution < -0.4 is 14.4 Å². The fraction of sp³-hybridized carbons (Fsp3) is 0.273. The molecule has 1 aliphatic rings. The molecule has 3 rings (SSSR count). The number of hydrogen-bond donors (Lipinski definition) is 0. The Morgan fingerprint density at radius 3 is 2.64 bits per heavy atom. The summed E-state index contributed by atoms with van der Waals surface area (Å²) in [6.07, 6.45) is 0.950. The van der Waals surface area contributed by atoms with Gasteiger partial charge in [-0.05, 0) is 29.8 Å². The molecule has 2 amide bonds. The lowest BCUT2D eigenvalue weighted by atomic mass is 10.1. The lowest BCUT2D eigenvalue weighted by Crippen LogP contribution is -2.50. The largest absolute Gasteiger partial charge is 0.490 e. The first-order chi connectivity index (χ1) is 13.5. The summed E-state index contributed by atoms with van der Waals surface area (Å²) < 4.78 is 11.4. The third-order valence-corrected chi connectivity index (χ3v) is 4.52. The number of ether oxygens (including phenoxy) is 2. The van der Waals surface area contributed by atoms with Gasteiger partial charge in [-0.15, -0.1) is 0 Å². The number of amides is 2. The quantitative estimate of drug-likeness (QED) is 0.723. The highest BCUT2D eigenvalue weighted by Gasteiger charge is 2.34. The van der Waals surface area contributed by atoms with Crippen LogP contribution in [-0.4, -0.2) is 43.0 Å². The Kier molecular flexibility index (Phi) is 5.99. The summed E-state index contributed by atoms with van der Waals surface area (Å²) in [6, 6.07) is 14.8. The maximum atomic E-state index is 12.9. The third-order valence-electron chi connectivity index (χ3n) is 4.52. The maximum Gasteiger partial charge on any atom is 0.265 e. The molecule has 6 heteroatoms. The van der Waals surface area contributed by atoms with Crippen LogP contribution in [0.5, 0.6) is 11.5 Å². The molecule has 0 saturated carbocycles. The minimum Gasteiger partial charge on any atom is -0.490 e. The Morgan fingerprint density at radius 2 is 1.96 bits per heavy atom. The van der Waals surface area contributed by atoms with Crippen molar-refractivity contribution in [2.24, 2.45) is 0 Å². The van der Waals surface area contributed by atoms with Gasteiger partial charge >= 0.3 is 0 Å². The normalized spacial score (nSPS) is 15.2. The van der Waals surface area contributed by atoms with Crippen LogP contribution in [0.15, 0.2) is 61.2 Å². The SMILES string of the molecule is C=CCOc1ccc(CN(C)C(=O)C2CN(C(C)=O)c3ccccc3O2)cc1. The zero-order chi connectivity index (χ0) is 20.1. The molecule has 0 aromatic heterocycles. The fourth-order valence-electron chi connectivity index (χ4n) is 3.11. The number of benzene rings is 2. The highest BCUT2D eigenvalue weighted by atomic mass is 16.5. The van der Waals surface area contributed by atoms with Gasteiger partial charge in [-0.2, -0.15) is 0 Å². The molecular formula is C22H24N2O4. The molecule has 146 valence electrons. The zero-order valence-corrected chi connectivity index (χ0v) is 16.1. The van der Waals surface area contributed by atoms with Crippen LogP contribution in [0.4, 0.5) is 5.69 Å². The molecule has 2 aromatic carbocycles. The molecule has 1 atom stereocenters. The standard InChI is InChI=1S/C22H24N2O4/c1-4-13-27-18-11-9-17(10-12-18)14-23(3)22(26)21-15-24(16(2)25)19-7-5-6-8-20(19)28-21/h4-12,21H,1,13-15H2,2-3H3. The number of carbonyl (C=O) groups excluding carboxylic acids is 2. The van der Waals surface area contributed by atoms with E-state index in [0.29, 0.717) is 24.6 Å². The summed E-state index contributed by atoms with van der Waals surface area (Å²) in [5.41, 5.74) is 1.67. The van der Waals surface area contributed by atoms with Gasteiger partial charge in [0.2, 0.25) is 5.91 Å². The summed E-state index contributed by atoms with van der Waals surface area (Å²) in [6.45, 7) is 6.19. The van der Waals surface area contributed by atoms with Gasteiger partial charge in [0.25, 0.3) is 5.91 Å². The van der Waals surface area contributed by atoms with Crippen LogP contribution in [0.2, 0.25) is 0 Å². The molecule has 0 spiro atoms. The molecule has 1 unspecified atom stereocenters. The molecule has 0 N–H and O–H groups in total. The van der Waals surface area contributed by atoms with Crippen molar-refractivity contribution in [2.75, 3.05) is 25.1 Å². The first-order valence-corrected chi connectivity index (χ1v) is 9.11. The van der Waals surface area contributed by atoms with Gasteiger partial charge in [0, 0.05) is 20.5 Å². The molecular weight excluding hydrogens is 356 g/mol. The lowest BCUT2D eigenvalue weighted by molar-refractivity contribution is -0.138. The van der Waals surface area contributed by atoms with Crippen LogP contribution in [-0.2, 0) is 16.1 Å². The highest BCUT2D eigenvalue weighted by molar-refractivity contribution is 5.95. The van der Waals surface area contributed by atoms with E-state index in [0.717, 1.165) is 11.3 Å². The smallest absolute Gasteiger partial charge is 0.265 e. The summed E-state index contributed by atoms with van der Waals surface area (Å²) in [5.74, 6) is 1.00. The molecule has 0 aliphatic carbocycles. The van der Waals surface area contributed by atoms with Crippen molar-refractivity contribution in [3.63, 3.8) is 0 Å². The molecule has 28 heavy (non-hydrogen) atoms. The molecule has 0 bridgehead atoms. The van der Waals surface area contributed by atoms with Crippen molar-refractivity contribution in [3.05, 3.63) is 66.7 Å². The predicted octanol–water partition coefficient (Wildman–Crippen LogP) is 3.02. The molecule has 0 saturated heterocycles. The van der Waals surface area contributed by atoms with E-state index in [9.17, 15) is 9.59 Å². The van der Waals surface area contributed by atoms with Crippen LogP contribution in [0.25, 0.3) is 0 Å². The van der Waals surface area contributed by atoms with Crippen molar-refractivity contribution in [1.29, 1.82) is 0 Å². The Morgan fingerprint density at radius 1 is 1.25 bits per heavy atom. The molecule has 6 nitrogen and oxygen atoms in total. The summed E-state index contributed by atoms with van der Waals surface area (Å²) in [4.78, 5) is 28.1. The van der Waals surface area contributed by atoms with Gasteiger partial charge < -0.3 is 19.3 Å². The molecule has 1 heterocycles. The van der Waals surface area contributed by atoms with Gasteiger partial charge in [0.05, 0.1) is 12.2 Å². The Balaban J connectivity index is 1.68. The number of hydrogen-bond acceptors (Lipinski definition) is 4. The van der Waals surface area contributed by atoms with Crippen LogP contribution in [0.3, 0.4) is 0 Å². The van der Waals surface area contributed by atoms with Gasteiger partial charge in [-0.1, -0.05) is 36.9 Å². The van der Waals surface area contributed by atoms with Crippen LogP contribution >= 0.6 is 0 Å². The maximum absolute atomic E-state index is 12.9. The summed E-state index contributed by atoms with van der Waals surface area (Å²) in [5, 5.41) is 0. The Labute approximate surface area is 165 Å². The monoisotopic (exact) mass is 380 g/mol. The molecule has 2 aromatic rings. The third kappa shape index (κ3) is 4.34. The number of fused-ring (bicyclic) bond motifs is 1. The predicted molar refractivity (Wildman–Crippen MR) is 107 cm³/mol. The van der Waals surface area contributed by atoms with E-state index < -0.39 is 6.10 Å². The first kappa shape index (κ1) is 19.5. The Hall–Kier alpha value is -3.28. The lowest BCUT2D eigenvalue weighted by Gasteiger charge is -2.35. The summed E-state index contributed by atoms with van der Waals surface area (Å²) >= 11 is 0. The van der Waals surface area contributed by atoms with Crippen molar-refractivity contribution < 1.29 is 19.1 Å². The van der Waals surface area contributed by atoms with Gasteiger partial charge in [-0.3, -0.25) is 9.59 Å². The number of para-hydroxylation sites is 2. The zero-order valence-electron chi connectivity index (χ0n) is 16.1. The average molecular weight is 380 g/mol. The summed E-state index contributed by atoms with van der Waals surface area (Å²) in [7, 11) is 1.73. The molecule has 0 radical (unpaired) electrons. The average Bonchev–Trinajstić information content (AvgIpc) is 2.71. The van der Waals surface area contributed by atoms with Gasteiger partial charge in [0.1, 0.15) is 18.1 Å². The fourth-order valence-corrected chi connectivity index (χ4v) is 3.11. The number of nitrogens with zero attached hydrogens (tertiary/aromatic N) is 2. The van der Waals surface area contributed by atoms with Crippen molar-refractivity contribution in [1.82, 2.24) is 4.90 Å². The van der Waals surface area contributed by atoms with E-state index in [1.54, 1.807) is 29.0 Å². The second-order valence-corrected chi connectivity index (χ2v) is 6.64. The second kappa shape index (κ2) is 8.61. The van der Waals surface area contributed by atoms with Crippen molar-refractivity contribution in [2.45, 2.75) is 19.6 Å². The van der Waals surface area contributed by atoms with E-state index in [-0.39, 0.29) is 18.4 Å². The number of anilines is 1. The van der Waals surface area contributed by atoms with Crippen molar-refractivity contribution in [3.8, 4) is 11.5 Å². The van der Waals surface area contributed by atoms with E-state index >= 15 is 0 Å². The Bertz CT molecular complexity index is 863. The highest BCUT2D eigenvalue weighted by Crippen LogP contribution is 2.33.